The molecule has 1 aliphatic heterocycles. The number of aromatic nitrogens is 1. The third-order valence-electron chi connectivity index (χ3n) is 2.93. The minimum absolute atomic E-state index is 0.289. The van der Waals surface area contributed by atoms with Gasteiger partial charge in [0.15, 0.2) is 0 Å². The standard InChI is InChI=1S/C15H23BN2O4/c1-14(2,3)21-13(19)18-9-12-8-11(6-7-17-12)16-20-10-15(4,5)22-16/h6-8H,9-10H2,1-5H3,(H,18,19). The summed E-state index contributed by atoms with van der Waals surface area (Å²) in [5, 5.41) is 2.68. The number of carbonyl (C=O) groups excluding carboxylic acids is 1. The second kappa shape index (κ2) is 6.26. The zero-order chi connectivity index (χ0) is 16.4. The van der Waals surface area contributed by atoms with E-state index in [1.807, 2.05) is 46.8 Å². The Morgan fingerprint density at radius 2 is 2.23 bits per heavy atom. The van der Waals surface area contributed by atoms with E-state index in [0.717, 1.165) is 11.2 Å². The van der Waals surface area contributed by atoms with Crippen molar-refractivity contribution in [1.82, 2.24) is 10.3 Å². The van der Waals surface area contributed by atoms with Gasteiger partial charge in [0, 0.05) is 6.20 Å². The molecule has 1 aliphatic rings. The number of ether oxygens (including phenoxy) is 1. The van der Waals surface area contributed by atoms with Gasteiger partial charge in [0.05, 0.1) is 24.4 Å². The molecule has 1 aromatic heterocycles. The van der Waals surface area contributed by atoms with Crippen molar-refractivity contribution >= 4 is 18.7 Å². The lowest BCUT2D eigenvalue weighted by Crippen LogP contribution is -2.36. The second-order valence-corrected chi connectivity index (χ2v) is 6.96. The van der Waals surface area contributed by atoms with Crippen molar-refractivity contribution in [2.24, 2.45) is 0 Å². The van der Waals surface area contributed by atoms with E-state index in [9.17, 15) is 4.79 Å². The van der Waals surface area contributed by atoms with Gasteiger partial charge in [-0.2, -0.15) is 0 Å². The molecular weight excluding hydrogens is 283 g/mol. The fraction of sp³-hybridized carbons (Fsp3) is 0.600. The first-order chi connectivity index (χ1) is 10.1. The topological polar surface area (TPSA) is 69.7 Å². The van der Waals surface area contributed by atoms with Crippen LogP contribution < -0.4 is 10.8 Å². The largest absolute Gasteiger partial charge is 0.494 e. The Bertz CT molecular complexity index is 543. The molecular formula is C15H23BN2O4. The normalized spacial score (nSPS) is 17.4. The van der Waals surface area contributed by atoms with E-state index in [1.165, 1.54) is 0 Å². The SMILES string of the molecule is CC(C)(C)OC(=O)NCc1cc(B2OCC(C)(C)O2)ccn1. The van der Waals surface area contributed by atoms with Gasteiger partial charge in [0.2, 0.25) is 0 Å². The van der Waals surface area contributed by atoms with Gasteiger partial charge in [-0.15, -0.1) is 0 Å². The molecule has 1 amide bonds. The summed E-state index contributed by atoms with van der Waals surface area (Å²) < 4.78 is 16.6. The quantitative estimate of drug-likeness (QED) is 0.860. The summed E-state index contributed by atoms with van der Waals surface area (Å²) in [5.41, 5.74) is 0.807. The van der Waals surface area contributed by atoms with Gasteiger partial charge >= 0.3 is 13.2 Å². The van der Waals surface area contributed by atoms with Crippen LogP contribution in [0.2, 0.25) is 0 Å². The van der Waals surface area contributed by atoms with Crippen LogP contribution in [-0.2, 0) is 20.6 Å². The van der Waals surface area contributed by atoms with Crippen molar-refractivity contribution in [3.05, 3.63) is 24.0 Å². The van der Waals surface area contributed by atoms with E-state index in [-0.39, 0.29) is 5.60 Å². The lowest BCUT2D eigenvalue weighted by atomic mass is 9.79. The molecule has 6 nitrogen and oxygen atoms in total. The van der Waals surface area contributed by atoms with Crippen molar-refractivity contribution in [3.8, 4) is 0 Å². The van der Waals surface area contributed by atoms with Crippen molar-refractivity contribution in [3.63, 3.8) is 0 Å². The van der Waals surface area contributed by atoms with Gasteiger partial charge in [-0.25, -0.2) is 4.79 Å². The molecule has 0 aromatic carbocycles. The van der Waals surface area contributed by atoms with E-state index >= 15 is 0 Å². The highest BCUT2D eigenvalue weighted by Crippen LogP contribution is 2.19. The first-order valence-corrected chi connectivity index (χ1v) is 7.36. The summed E-state index contributed by atoms with van der Waals surface area (Å²) in [6.45, 7) is 10.3. The lowest BCUT2D eigenvalue weighted by Gasteiger charge is -2.19. The van der Waals surface area contributed by atoms with Crippen molar-refractivity contribution < 1.29 is 18.8 Å². The molecule has 0 radical (unpaired) electrons. The Kier molecular flexibility index (Phi) is 4.77. The highest BCUT2D eigenvalue weighted by molar-refractivity contribution is 6.61. The van der Waals surface area contributed by atoms with Crippen molar-refractivity contribution in [2.45, 2.75) is 52.4 Å². The smallest absolute Gasteiger partial charge is 0.444 e. The third kappa shape index (κ3) is 5.00. The lowest BCUT2D eigenvalue weighted by molar-refractivity contribution is 0.0523. The Labute approximate surface area is 131 Å². The number of nitrogens with one attached hydrogen (secondary N) is 1. The molecule has 0 saturated carbocycles. The Morgan fingerprint density at radius 1 is 1.50 bits per heavy atom. The van der Waals surface area contributed by atoms with E-state index in [2.05, 4.69) is 10.3 Å². The molecule has 7 heteroatoms. The Hall–Kier alpha value is -1.60. The average molecular weight is 306 g/mol. The molecule has 1 fully saturated rings. The predicted molar refractivity (Wildman–Crippen MR) is 83.8 cm³/mol. The number of carbonyl (C=O) groups is 1. The van der Waals surface area contributed by atoms with Crippen LogP contribution in [0.15, 0.2) is 18.3 Å². The number of alkyl carbamates (subject to hydrolysis) is 1. The second-order valence-electron chi connectivity index (χ2n) is 6.96. The summed E-state index contributed by atoms with van der Waals surface area (Å²) in [7, 11) is -0.390. The van der Waals surface area contributed by atoms with Gasteiger partial charge in [-0.05, 0) is 52.2 Å². The highest BCUT2D eigenvalue weighted by atomic mass is 16.7. The van der Waals surface area contributed by atoms with E-state index in [0.29, 0.717) is 13.2 Å². The first kappa shape index (κ1) is 16.8. The number of rotatable bonds is 3. The highest BCUT2D eigenvalue weighted by Gasteiger charge is 2.38. The van der Waals surface area contributed by atoms with Crippen LogP contribution in [0.1, 0.15) is 40.3 Å². The molecule has 22 heavy (non-hydrogen) atoms. The van der Waals surface area contributed by atoms with Crippen LogP contribution >= 0.6 is 0 Å². The summed E-state index contributed by atoms with van der Waals surface area (Å²) in [5.74, 6) is 0. The summed E-state index contributed by atoms with van der Waals surface area (Å²) in [6, 6.07) is 3.71. The van der Waals surface area contributed by atoms with Gasteiger partial charge < -0.3 is 19.4 Å². The van der Waals surface area contributed by atoms with E-state index in [1.54, 1.807) is 6.20 Å². The van der Waals surface area contributed by atoms with Gasteiger partial charge in [0.1, 0.15) is 5.60 Å². The molecule has 0 spiro atoms. The molecule has 1 aromatic rings. The number of hydrogen-bond donors (Lipinski definition) is 1. The summed E-state index contributed by atoms with van der Waals surface area (Å²) in [6.07, 6.45) is 1.22. The van der Waals surface area contributed by atoms with Gasteiger partial charge in [-0.3, -0.25) is 4.98 Å². The average Bonchev–Trinajstić information content (AvgIpc) is 2.75. The predicted octanol–water partition coefficient (Wildman–Crippen LogP) is 1.63. The number of amides is 1. The molecule has 1 saturated heterocycles. The number of pyridine rings is 1. The van der Waals surface area contributed by atoms with Crippen LogP contribution in [0.5, 0.6) is 0 Å². The van der Waals surface area contributed by atoms with Crippen molar-refractivity contribution in [1.29, 1.82) is 0 Å². The van der Waals surface area contributed by atoms with E-state index in [4.69, 9.17) is 14.0 Å². The minimum Gasteiger partial charge on any atom is -0.444 e. The fourth-order valence-corrected chi connectivity index (χ4v) is 2.02. The van der Waals surface area contributed by atoms with Crippen LogP contribution in [-0.4, -0.2) is 36.0 Å². The minimum atomic E-state index is -0.517. The zero-order valence-electron chi connectivity index (χ0n) is 13.8. The molecule has 0 unspecified atom stereocenters. The molecule has 2 heterocycles. The zero-order valence-corrected chi connectivity index (χ0v) is 13.8. The molecule has 0 aliphatic carbocycles. The molecule has 120 valence electrons. The summed E-state index contributed by atoms with van der Waals surface area (Å²) in [4.78, 5) is 15.9. The monoisotopic (exact) mass is 306 g/mol. The maximum atomic E-state index is 11.6. The molecule has 0 bridgehead atoms. The van der Waals surface area contributed by atoms with Gasteiger partial charge in [-0.1, -0.05) is 0 Å². The van der Waals surface area contributed by atoms with Crippen LogP contribution in [0.4, 0.5) is 4.79 Å². The Morgan fingerprint density at radius 3 is 2.82 bits per heavy atom. The summed E-state index contributed by atoms with van der Waals surface area (Å²) >= 11 is 0. The molecule has 2 rings (SSSR count). The fourth-order valence-electron chi connectivity index (χ4n) is 2.02. The van der Waals surface area contributed by atoms with E-state index < -0.39 is 18.8 Å². The van der Waals surface area contributed by atoms with Gasteiger partial charge in [0.25, 0.3) is 0 Å². The maximum absolute atomic E-state index is 11.6. The van der Waals surface area contributed by atoms with Crippen LogP contribution in [0.3, 0.4) is 0 Å². The molecule has 1 N–H and O–H groups in total. The van der Waals surface area contributed by atoms with Crippen LogP contribution in [0, 0.1) is 0 Å². The first-order valence-electron chi connectivity index (χ1n) is 7.36. The van der Waals surface area contributed by atoms with Crippen LogP contribution in [0.25, 0.3) is 0 Å². The Balaban J connectivity index is 1.93. The number of hydrogen-bond acceptors (Lipinski definition) is 5. The number of nitrogens with zero attached hydrogens (tertiary/aromatic N) is 1. The maximum Gasteiger partial charge on any atom is 0.494 e. The van der Waals surface area contributed by atoms with Crippen molar-refractivity contribution in [2.75, 3.05) is 6.61 Å². The molecule has 0 atom stereocenters. The third-order valence-corrected chi connectivity index (χ3v) is 2.93.